The van der Waals surface area contributed by atoms with E-state index in [1.54, 1.807) is 16.9 Å². The third-order valence-electron chi connectivity index (χ3n) is 4.54. The lowest BCUT2D eigenvalue weighted by molar-refractivity contribution is 0.287. The predicted molar refractivity (Wildman–Crippen MR) is 129 cm³/mol. The van der Waals surface area contributed by atoms with Gasteiger partial charge in [-0.15, -0.1) is 0 Å². The van der Waals surface area contributed by atoms with Crippen molar-refractivity contribution in [2.45, 2.75) is 26.8 Å². The molecule has 2 N–H and O–H groups in total. The van der Waals surface area contributed by atoms with Crippen LogP contribution in [0.4, 0.5) is 10.2 Å². The van der Waals surface area contributed by atoms with Gasteiger partial charge >= 0.3 is 0 Å². The maximum absolute atomic E-state index is 13.2. The van der Waals surface area contributed by atoms with Crippen molar-refractivity contribution in [3.63, 3.8) is 0 Å². The third kappa shape index (κ3) is 6.83. The lowest BCUT2D eigenvalue weighted by atomic mass is 10.1. The fraction of sp³-hybridized carbons (Fsp3) is 0.304. The molecule has 0 amide bonds. The number of hydrogen-bond donors (Lipinski definition) is 2. The van der Waals surface area contributed by atoms with Crippen molar-refractivity contribution in [3.8, 4) is 11.5 Å². The summed E-state index contributed by atoms with van der Waals surface area (Å²) in [5.74, 6) is 1.75. The molecular weight excluding hydrogens is 451 g/mol. The molecular formula is C23H26ClFN4O2S. The Bertz CT molecular complexity index is 1060. The summed E-state index contributed by atoms with van der Waals surface area (Å²) < 4.78 is 26.2. The van der Waals surface area contributed by atoms with Crippen LogP contribution in [0.5, 0.6) is 11.5 Å². The number of nitrogens with zero attached hydrogens (tertiary/aromatic N) is 2. The highest BCUT2D eigenvalue weighted by atomic mass is 35.5. The van der Waals surface area contributed by atoms with Gasteiger partial charge in [-0.05, 0) is 67.9 Å². The van der Waals surface area contributed by atoms with Crippen LogP contribution in [0, 0.1) is 5.82 Å². The minimum atomic E-state index is -0.364. The molecule has 9 heteroatoms. The summed E-state index contributed by atoms with van der Waals surface area (Å²) in [6.07, 6.45) is 2.58. The topological polar surface area (TPSA) is 60.3 Å². The molecule has 1 heterocycles. The van der Waals surface area contributed by atoms with Crippen LogP contribution in [0.15, 0.2) is 48.7 Å². The van der Waals surface area contributed by atoms with Gasteiger partial charge in [0, 0.05) is 23.8 Å². The molecule has 170 valence electrons. The van der Waals surface area contributed by atoms with Gasteiger partial charge in [-0.1, -0.05) is 23.7 Å². The summed E-state index contributed by atoms with van der Waals surface area (Å²) in [7, 11) is 0. The number of benzene rings is 2. The van der Waals surface area contributed by atoms with Crippen LogP contribution < -0.4 is 20.1 Å². The molecule has 0 aliphatic carbocycles. The van der Waals surface area contributed by atoms with E-state index in [4.69, 9.17) is 33.3 Å². The first-order chi connectivity index (χ1) is 15.5. The fourth-order valence-electron chi connectivity index (χ4n) is 3.07. The Morgan fingerprint density at radius 3 is 2.62 bits per heavy atom. The second-order valence-electron chi connectivity index (χ2n) is 6.91. The molecule has 0 unspecified atom stereocenters. The third-order valence-corrected chi connectivity index (χ3v) is 5.14. The highest BCUT2D eigenvalue weighted by Crippen LogP contribution is 2.28. The number of thiocarbonyl (C=S) groups is 1. The average molecular weight is 477 g/mol. The van der Waals surface area contributed by atoms with Crippen molar-refractivity contribution in [3.05, 3.63) is 70.6 Å². The van der Waals surface area contributed by atoms with Crippen molar-refractivity contribution < 1.29 is 13.9 Å². The van der Waals surface area contributed by atoms with E-state index in [1.165, 1.54) is 12.1 Å². The normalized spacial score (nSPS) is 10.6. The molecule has 0 aliphatic rings. The van der Waals surface area contributed by atoms with Crippen molar-refractivity contribution in [2.75, 3.05) is 25.1 Å². The molecule has 0 radical (unpaired) electrons. The number of halogens is 2. The van der Waals surface area contributed by atoms with Crippen molar-refractivity contribution >= 4 is 34.7 Å². The molecule has 3 rings (SSSR count). The molecule has 0 saturated carbocycles. The second kappa shape index (κ2) is 11.7. The van der Waals surface area contributed by atoms with Crippen molar-refractivity contribution in [1.29, 1.82) is 0 Å². The first-order valence-electron chi connectivity index (χ1n) is 10.4. The number of hydrogen-bond acceptors (Lipinski definition) is 4. The maximum atomic E-state index is 13.2. The highest BCUT2D eigenvalue weighted by molar-refractivity contribution is 7.80. The molecule has 0 atom stereocenters. The van der Waals surface area contributed by atoms with Crippen LogP contribution in [-0.2, 0) is 13.0 Å². The van der Waals surface area contributed by atoms with E-state index < -0.39 is 0 Å². The Morgan fingerprint density at radius 1 is 1.09 bits per heavy atom. The number of ether oxygens (including phenoxy) is 2. The van der Waals surface area contributed by atoms with E-state index in [1.807, 2.05) is 38.1 Å². The van der Waals surface area contributed by atoms with Crippen LogP contribution in [0.1, 0.15) is 25.0 Å². The summed E-state index contributed by atoms with van der Waals surface area (Å²) in [5, 5.41) is 11.5. The largest absolute Gasteiger partial charge is 0.490 e. The molecule has 32 heavy (non-hydrogen) atoms. The lowest BCUT2D eigenvalue weighted by Crippen LogP contribution is -2.30. The average Bonchev–Trinajstić information content (AvgIpc) is 3.19. The van der Waals surface area contributed by atoms with Gasteiger partial charge in [0.05, 0.1) is 19.8 Å². The summed E-state index contributed by atoms with van der Waals surface area (Å²) >= 11 is 11.5. The number of aromatic nitrogens is 2. The minimum Gasteiger partial charge on any atom is -0.490 e. The second-order valence-corrected chi connectivity index (χ2v) is 7.73. The first-order valence-corrected chi connectivity index (χ1v) is 11.2. The van der Waals surface area contributed by atoms with Crippen molar-refractivity contribution in [1.82, 2.24) is 15.1 Å². The summed E-state index contributed by atoms with van der Waals surface area (Å²) in [5.41, 5.74) is 1.90. The van der Waals surface area contributed by atoms with Crippen molar-refractivity contribution in [2.24, 2.45) is 0 Å². The number of nitrogens with one attached hydrogen (secondary N) is 2. The van der Waals surface area contributed by atoms with E-state index >= 15 is 0 Å². The monoisotopic (exact) mass is 476 g/mol. The van der Waals surface area contributed by atoms with E-state index in [0.717, 1.165) is 29.0 Å². The molecule has 6 nitrogen and oxygen atoms in total. The highest BCUT2D eigenvalue weighted by Gasteiger charge is 2.08. The minimum absolute atomic E-state index is 0.364. The standard InChI is InChI=1S/C23H26ClFN4O2S/c1-3-30-20-8-5-16(13-21(20)31-4-2)9-11-26-23(32)27-22-10-12-29(28-22)15-17-6-7-18(25)14-19(17)24/h5-8,10,12-14H,3-4,9,11,15H2,1-2H3,(H2,26,27,28,32). The van der Waals surface area contributed by atoms with Gasteiger partial charge in [0.1, 0.15) is 5.82 Å². The quantitative estimate of drug-likeness (QED) is 0.399. The summed E-state index contributed by atoms with van der Waals surface area (Å²) in [6.45, 7) is 6.15. The lowest BCUT2D eigenvalue weighted by Gasteiger charge is -2.13. The van der Waals surface area contributed by atoms with Gasteiger partial charge in [-0.2, -0.15) is 5.10 Å². The van der Waals surface area contributed by atoms with E-state index in [-0.39, 0.29) is 5.82 Å². The Balaban J connectivity index is 1.49. The smallest absolute Gasteiger partial charge is 0.172 e. The van der Waals surface area contributed by atoms with Gasteiger partial charge < -0.3 is 20.1 Å². The maximum Gasteiger partial charge on any atom is 0.172 e. The van der Waals surface area contributed by atoms with Gasteiger partial charge in [0.2, 0.25) is 0 Å². The van der Waals surface area contributed by atoms with Gasteiger partial charge in [-0.25, -0.2) is 4.39 Å². The zero-order valence-corrected chi connectivity index (χ0v) is 19.6. The molecule has 0 saturated heterocycles. The molecule has 1 aromatic heterocycles. The van der Waals surface area contributed by atoms with Gasteiger partial charge in [0.25, 0.3) is 0 Å². The van der Waals surface area contributed by atoms with E-state index in [2.05, 4.69) is 15.7 Å². The zero-order valence-electron chi connectivity index (χ0n) is 18.0. The van der Waals surface area contributed by atoms with Crippen LogP contribution in [-0.4, -0.2) is 34.7 Å². The molecule has 2 aromatic carbocycles. The molecule has 0 bridgehead atoms. The summed E-state index contributed by atoms with van der Waals surface area (Å²) in [4.78, 5) is 0. The van der Waals surface area contributed by atoms with Crippen LogP contribution >= 0.6 is 23.8 Å². The predicted octanol–water partition coefficient (Wildman–Crippen LogP) is 5.05. The van der Waals surface area contributed by atoms with Gasteiger partial charge in [0.15, 0.2) is 22.4 Å². The number of rotatable bonds is 10. The zero-order chi connectivity index (χ0) is 22.9. The van der Waals surface area contributed by atoms with Crippen LogP contribution in [0.25, 0.3) is 0 Å². The molecule has 0 aliphatic heterocycles. The van der Waals surface area contributed by atoms with Crippen LogP contribution in [0.2, 0.25) is 5.02 Å². The summed E-state index contributed by atoms with van der Waals surface area (Å²) in [6, 6.07) is 12.1. The molecule has 0 fully saturated rings. The molecule has 0 spiro atoms. The SMILES string of the molecule is CCOc1ccc(CCNC(=S)Nc2ccn(Cc3ccc(F)cc3Cl)n2)cc1OCC. The fourth-order valence-corrected chi connectivity index (χ4v) is 3.51. The Kier molecular flexibility index (Phi) is 8.70. The van der Waals surface area contributed by atoms with E-state index in [9.17, 15) is 4.39 Å². The molecule has 3 aromatic rings. The first kappa shape index (κ1) is 23.8. The Morgan fingerprint density at radius 2 is 1.88 bits per heavy atom. The van der Waals surface area contributed by atoms with E-state index in [0.29, 0.717) is 42.3 Å². The van der Waals surface area contributed by atoms with Gasteiger partial charge in [-0.3, -0.25) is 4.68 Å². The number of anilines is 1. The Hall–Kier alpha value is -2.84. The van der Waals surface area contributed by atoms with Crippen LogP contribution in [0.3, 0.4) is 0 Å². The Labute approximate surface area is 197 Å².